The molecule has 1 atom stereocenters. The van der Waals surface area contributed by atoms with Gasteiger partial charge in [-0.1, -0.05) is 6.07 Å². The summed E-state index contributed by atoms with van der Waals surface area (Å²) in [5.41, 5.74) is 6.38. The van der Waals surface area contributed by atoms with Crippen LogP contribution in [0.3, 0.4) is 0 Å². The molecule has 0 saturated carbocycles. The Kier molecular flexibility index (Phi) is 4.29. The molecule has 1 unspecified atom stereocenters. The van der Waals surface area contributed by atoms with Gasteiger partial charge in [-0.15, -0.1) is 0 Å². The first-order chi connectivity index (χ1) is 9.11. The van der Waals surface area contributed by atoms with E-state index < -0.39 is 11.6 Å². The predicted molar refractivity (Wildman–Crippen MR) is 68.3 cm³/mol. The minimum absolute atomic E-state index is 0.194. The van der Waals surface area contributed by atoms with Gasteiger partial charge in [-0.2, -0.15) is 0 Å². The van der Waals surface area contributed by atoms with Crippen LogP contribution in [0.25, 0.3) is 0 Å². The number of furan rings is 1. The van der Waals surface area contributed by atoms with Crippen molar-refractivity contribution in [2.75, 3.05) is 13.6 Å². The Hall–Kier alpha value is -1.72. The van der Waals surface area contributed by atoms with E-state index in [1.807, 2.05) is 18.0 Å². The highest BCUT2D eigenvalue weighted by Crippen LogP contribution is 2.22. The van der Waals surface area contributed by atoms with Gasteiger partial charge < -0.3 is 10.2 Å². The van der Waals surface area contributed by atoms with Crippen molar-refractivity contribution < 1.29 is 13.2 Å². The summed E-state index contributed by atoms with van der Waals surface area (Å²) in [5, 5.41) is 0. The third kappa shape index (κ3) is 3.19. The highest BCUT2D eigenvalue weighted by atomic mass is 19.2. The molecule has 2 N–H and O–H groups in total. The molecule has 1 aromatic carbocycles. The van der Waals surface area contributed by atoms with Crippen molar-refractivity contribution in [3.05, 3.63) is 59.6 Å². The zero-order valence-electron chi connectivity index (χ0n) is 10.6. The lowest BCUT2D eigenvalue weighted by molar-refractivity contribution is 0.222. The van der Waals surface area contributed by atoms with E-state index in [4.69, 9.17) is 10.2 Å². The second-order valence-electron chi connectivity index (χ2n) is 4.42. The molecule has 0 aliphatic carbocycles. The van der Waals surface area contributed by atoms with Crippen molar-refractivity contribution in [1.29, 1.82) is 0 Å². The van der Waals surface area contributed by atoms with Crippen molar-refractivity contribution in [3.63, 3.8) is 0 Å². The van der Waals surface area contributed by atoms with Gasteiger partial charge in [0.2, 0.25) is 0 Å². The highest BCUT2D eigenvalue weighted by molar-refractivity contribution is 5.22. The van der Waals surface area contributed by atoms with Crippen molar-refractivity contribution in [2.24, 2.45) is 5.73 Å². The van der Waals surface area contributed by atoms with E-state index in [1.165, 1.54) is 6.07 Å². The molecule has 0 aliphatic rings. The SMILES string of the molecule is CN(Cc1ccco1)C(CN)c1ccc(F)c(F)c1. The molecule has 0 saturated heterocycles. The van der Waals surface area contributed by atoms with Crippen LogP contribution in [0, 0.1) is 11.6 Å². The number of nitrogens with zero attached hydrogens (tertiary/aromatic N) is 1. The third-order valence-electron chi connectivity index (χ3n) is 3.07. The summed E-state index contributed by atoms with van der Waals surface area (Å²) in [7, 11) is 1.86. The molecule has 1 aromatic heterocycles. The van der Waals surface area contributed by atoms with Crippen LogP contribution >= 0.6 is 0 Å². The maximum atomic E-state index is 13.3. The van der Waals surface area contributed by atoms with Gasteiger partial charge in [-0.25, -0.2) is 8.78 Å². The van der Waals surface area contributed by atoms with E-state index >= 15 is 0 Å². The minimum atomic E-state index is -0.859. The molecule has 19 heavy (non-hydrogen) atoms. The first kappa shape index (κ1) is 13.7. The Morgan fingerprint density at radius 3 is 2.63 bits per heavy atom. The molecule has 102 valence electrons. The molecular formula is C14H16F2N2O. The third-order valence-corrected chi connectivity index (χ3v) is 3.07. The zero-order valence-corrected chi connectivity index (χ0v) is 10.6. The zero-order chi connectivity index (χ0) is 13.8. The maximum absolute atomic E-state index is 13.3. The van der Waals surface area contributed by atoms with Gasteiger partial charge in [-0.3, -0.25) is 4.90 Å². The van der Waals surface area contributed by atoms with Crippen molar-refractivity contribution in [1.82, 2.24) is 4.90 Å². The second-order valence-corrected chi connectivity index (χ2v) is 4.42. The Morgan fingerprint density at radius 2 is 2.05 bits per heavy atom. The fourth-order valence-electron chi connectivity index (χ4n) is 2.05. The van der Waals surface area contributed by atoms with E-state index in [1.54, 1.807) is 18.4 Å². The summed E-state index contributed by atoms with van der Waals surface area (Å²) in [6.07, 6.45) is 1.60. The predicted octanol–water partition coefficient (Wildman–Crippen LogP) is 2.69. The molecule has 0 fully saturated rings. The summed E-state index contributed by atoms with van der Waals surface area (Å²) >= 11 is 0. The molecule has 3 nitrogen and oxygen atoms in total. The molecule has 5 heteroatoms. The van der Waals surface area contributed by atoms with Gasteiger partial charge in [0.15, 0.2) is 11.6 Å². The average Bonchev–Trinajstić information content (AvgIpc) is 2.87. The molecule has 0 aliphatic heterocycles. The van der Waals surface area contributed by atoms with Gasteiger partial charge in [0, 0.05) is 12.6 Å². The number of likely N-dealkylation sites (N-methyl/N-ethyl adjacent to an activating group) is 1. The minimum Gasteiger partial charge on any atom is -0.468 e. The second kappa shape index (κ2) is 5.95. The van der Waals surface area contributed by atoms with Crippen LogP contribution in [0.2, 0.25) is 0 Å². The number of benzene rings is 1. The molecule has 0 amide bonds. The quantitative estimate of drug-likeness (QED) is 0.904. The molecule has 0 spiro atoms. The fraction of sp³-hybridized carbons (Fsp3) is 0.286. The smallest absolute Gasteiger partial charge is 0.159 e. The number of hydrogen-bond donors (Lipinski definition) is 1. The molecular weight excluding hydrogens is 250 g/mol. The van der Waals surface area contributed by atoms with Gasteiger partial charge in [-0.05, 0) is 36.9 Å². The Labute approximate surface area is 110 Å². The van der Waals surface area contributed by atoms with Crippen LogP contribution in [0.4, 0.5) is 8.78 Å². The van der Waals surface area contributed by atoms with E-state index in [9.17, 15) is 8.78 Å². The van der Waals surface area contributed by atoms with Crippen molar-refractivity contribution >= 4 is 0 Å². The van der Waals surface area contributed by atoms with Gasteiger partial charge >= 0.3 is 0 Å². The lowest BCUT2D eigenvalue weighted by Gasteiger charge is -2.26. The number of halogens is 2. The van der Waals surface area contributed by atoms with E-state index in [0.717, 1.165) is 11.8 Å². The fourth-order valence-corrected chi connectivity index (χ4v) is 2.05. The summed E-state index contributed by atoms with van der Waals surface area (Å²) < 4.78 is 31.5. The van der Waals surface area contributed by atoms with Crippen LogP contribution in [-0.4, -0.2) is 18.5 Å². The van der Waals surface area contributed by atoms with Crippen molar-refractivity contribution in [3.8, 4) is 0 Å². The van der Waals surface area contributed by atoms with Crippen LogP contribution < -0.4 is 5.73 Å². The molecule has 1 heterocycles. The summed E-state index contributed by atoms with van der Waals surface area (Å²) in [4.78, 5) is 1.94. The maximum Gasteiger partial charge on any atom is 0.159 e. The molecule has 2 aromatic rings. The van der Waals surface area contributed by atoms with Gasteiger partial charge in [0.1, 0.15) is 5.76 Å². The standard InChI is InChI=1S/C14H16F2N2O/c1-18(9-11-3-2-6-19-11)14(8-17)10-4-5-12(15)13(16)7-10/h2-7,14H,8-9,17H2,1H3. The number of hydrogen-bond acceptors (Lipinski definition) is 3. The topological polar surface area (TPSA) is 42.4 Å². The Balaban J connectivity index is 2.16. The first-order valence-corrected chi connectivity index (χ1v) is 5.99. The van der Waals surface area contributed by atoms with Crippen LogP contribution in [-0.2, 0) is 6.54 Å². The number of nitrogens with two attached hydrogens (primary N) is 1. The highest BCUT2D eigenvalue weighted by Gasteiger charge is 2.18. The van der Waals surface area contributed by atoms with Crippen LogP contribution in [0.5, 0.6) is 0 Å². The largest absolute Gasteiger partial charge is 0.468 e. The Bertz CT molecular complexity index is 528. The van der Waals surface area contributed by atoms with Crippen LogP contribution in [0.1, 0.15) is 17.4 Å². The number of rotatable bonds is 5. The van der Waals surface area contributed by atoms with Crippen molar-refractivity contribution in [2.45, 2.75) is 12.6 Å². The normalized spacial score (nSPS) is 12.9. The van der Waals surface area contributed by atoms with E-state index in [2.05, 4.69) is 0 Å². The molecule has 0 radical (unpaired) electrons. The summed E-state index contributed by atoms with van der Waals surface area (Å²) in [5.74, 6) is -0.918. The first-order valence-electron chi connectivity index (χ1n) is 5.99. The lowest BCUT2D eigenvalue weighted by atomic mass is 10.1. The van der Waals surface area contributed by atoms with Gasteiger partial charge in [0.05, 0.1) is 12.8 Å². The summed E-state index contributed by atoms with van der Waals surface area (Å²) in [6.45, 7) is 0.857. The van der Waals surface area contributed by atoms with E-state index in [0.29, 0.717) is 18.7 Å². The monoisotopic (exact) mass is 266 g/mol. The average molecular weight is 266 g/mol. The van der Waals surface area contributed by atoms with Crippen LogP contribution in [0.15, 0.2) is 41.0 Å². The summed E-state index contributed by atoms with van der Waals surface area (Å²) in [6, 6.07) is 7.32. The van der Waals surface area contributed by atoms with E-state index in [-0.39, 0.29) is 6.04 Å². The molecule has 2 rings (SSSR count). The lowest BCUT2D eigenvalue weighted by Crippen LogP contribution is -2.30. The van der Waals surface area contributed by atoms with Gasteiger partial charge in [0.25, 0.3) is 0 Å². The molecule has 0 bridgehead atoms. The Morgan fingerprint density at radius 1 is 1.26 bits per heavy atom.